The van der Waals surface area contributed by atoms with E-state index in [4.69, 9.17) is 31.0 Å². The van der Waals surface area contributed by atoms with Crippen molar-refractivity contribution in [1.82, 2.24) is 19.8 Å². The lowest BCUT2D eigenvalue weighted by molar-refractivity contribution is 0.0187. The molecule has 6 rings (SSSR count). The number of methoxy groups -OCH3 is 1. The molecule has 2 saturated heterocycles. The highest BCUT2D eigenvalue weighted by atomic mass is 35.5. The van der Waals surface area contributed by atoms with Crippen molar-refractivity contribution in [1.29, 1.82) is 0 Å². The van der Waals surface area contributed by atoms with E-state index in [-0.39, 0.29) is 0 Å². The highest BCUT2D eigenvalue weighted by molar-refractivity contribution is 6.36. The smallest absolute Gasteiger partial charge is 0.318 e. The zero-order valence-corrected chi connectivity index (χ0v) is 25.4. The SMILES string of the molecule is C=C(COC)C(O)N1CCN(c2nc(OC[C@@H]3CCCN3C)nc3c2CCN(c2cccc4cccc(Cl)c24)C3)CC1. The van der Waals surface area contributed by atoms with Crippen LogP contribution < -0.4 is 14.5 Å². The van der Waals surface area contributed by atoms with Crippen molar-refractivity contribution in [3.05, 3.63) is 64.8 Å². The van der Waals surface area contributed by atoms with Gasteiger partial charge in [0.05, 0.1) is 23.9 Å². The maximum absolute atomic E-state index is 10.8. The van der Waals surface area contributed by atoms with Crippen molar-refractivity contribution in [3.63, 3.8) is 0 Å². The fraction of sp³-hybridized carbons (Fsp3) is 0.500. The predicted molar refractivity (Wildman–Crippen MR) is 168 cm³/mol. The summed E-state index contributed by atoms with van der Waals surface area (Å²) in [6.07, 6.45) is 2.43. The van der Waals surface area contributed by atoms with Gasteiger partial charge in [0.15, 0.2) is 0 Å². The molecule has 0 bridgehead atoms. The number of hydrogen-bond acceptors (Lipinski definition) is 9. The molecular weight excluding hydrogens is 552 g/mol. The molecule has 224 valence electrons. The van der Waals surface area contributed by atoms with Crippen molar-refractivity contribution in [2.24, 2.45) is 0 Å². The number of rotatable bonds is 9. The lowest BCUT2D eigenvalue weighted by atomic mass is 10.0. The number of benzene rings is 2. The number of likely N-dealkylation sites (N-methyl/N-ethyl adjacent to an activating group) is 1. The van der Waals surface area contributed by atoms with Gasteiger partial charge in [0.1, 0.15) is 18.7 Å². The Morgan fingerprint density at radius 2 is 1.86 bits per heavy atom. The number of aromatic nitrogens is 2. The molecule has 3 aliphatic heterocycles. The summed E-state index contributed by atoms with van der Waals surface area (Å²) in [4.78, 5) is 19.1. The van der Waals surface area contributed by atoms with Crippen LogP contribution in [0.2, 0.25) is 5.02 Å². The molecule has 1 N–H and O–H groups in total. The summed E-state index contributed by atoms with van der Waals surface area (Å²) in [6.45, 7) is 10.4. The number of piperazine rings is 1. The molecule has 0 aliphatic carbocycles. The molecule has 3 aromatic rings. The van der Waals surface area contributed by atoms with Gasteiger partial charge < -0.3 is 29.3 Å². The molecule has 2 aromatic carbocycles. The van der Waals surface area contributed by atoms with E-state index in [9.17, 15) is 5.11 Å². The number of ether oxygens (including phenoxy) is 2. The summed E-state index contributed by atoms with van der Waals surface area (Å²) >= 11 is 6.70. The molecule has 2 atom stereocenters. The molecule has 10 heteroatoms. The van der Waals surface area contributed by atoms with Crippen LogP contribution in [0.15, 0.2) is 48.6 Å². The first-order valence-corrected chi connectivity index (χ1v) is 15.3. The number of anilines is 2. The molecule has 0 amide bonds. The minimum Gasteiger partial charge on any atom is -0.462 e. The first kappa shape index (κ1) is 29.1. The van der Waals surface area contributed by atoms with Crippen LogP contribution >= 0.6 is 11.6 Å². The second-order valence-corrected chi connectivity index (χ2v) is 12.0. The van der Waals surface area contributed by atoms with Crippen LogP contribution in [0.3, 0.4) is 0 Å². The molecule has 2 fully saturated rings. The Morgan fingerprint density at radius 1 is 1.07 bits per heavy atom. The average Bonchev–Trinajstić information content (AvgIpc) is 3.43. The monoisotopic (exact) mass is 592 g/mol. The normalized spacial score (nSPS) is 20.6. The maximum Gasteiger partial charge on any atom is 0.318 e. The summed E-state index contributed by atoms with van der Waals surface area (Å²) in [5, 5.41) is 13.7. The first-order valence-electron chi connectivity index (χ1n) is 14.9. The molecule has 1 unspecified atom stereocenters. The van der Waals surface area contributed by atoms with Crippen LogP contribution in [-0.2, 0) is 17.7 Å². The fourth-order valence-electron chi connectivity index (χ4n) is 6.52. The van der Waals surface area contributed by atoms with E-state index >= 15 is 0 Å². The average molecular weight is 593 g/mol. The minimum absolute atomic E-state index is 0.343. The van der Waals surface area contributed by atoms with Gasteiger partial charge >= 0.3 is 6.01 Å². The van der Waals surface area contributed by atoms with Crippen molar-refractivity contribution in [2.45, 2.75) is 38.1 Å². The number of hydrogen-bond donors (Lipinski definition) is 1. The second-order valence-electron chi connectivity index (χ2n) is 11.6. The fourth-order valence-corrected chi connectivity index (χ4v) is 6.80. The Labute approximate surface area is 253 Å². The van der Waals surface area contributed by atoms with Gasteiger partial charge in [-0.15, -0.1) is 0 Å². The second kappa shape index (κ2) is 12.7. The standard InChI is InChI=1S/C32H41ClN6O3/c1-22(20-41-3)31(40)38-17-15-37(16-18-38)30-25-12-14-39(28-11-5-8-23-7-4-10-26(33)29(23)28)19-27(25)34-32(35-30)42-21-24-9-6-13-36(24)2/h4-5,7-8,10-11,24,31,40H,1,6,9,12-21H2,2-3H3/t24-,31?/m0/s1. The number of nitrogens with zero attached hydrogens (tertiary/aromatic N) is 6. The van der Waals surface area contributed by atoms with E-state index < -0.39 is 6.23 Å². The molecule has 0 radical (unpaired) electrons. The van der Waals surface area contributed by atoms with Crippen molar-refractivity contribution in [2.75, 3.05) is 76.4 Å². The van der Waals surface area contributed by atoms with Crippen LogP contribution in [0.5, 0.6) is 6.01 Å². The summed E-state index contributed by atoms with van der Waals surface area (Å²) in [5.41, 5.74) is 3.98. The molecular formula is C32H41ClN6O3. The molecule has 9 nitrogen and oxygen atoms in total. The quantitative estimate of drug-likeness (QED) is 0.372. The molecule has 1 aromatic heterocycles. The zero-order chi connectivity index (χ0) is 29.2. The van der Waals surface area contributed by atoms with Gasteiger partial charge in [-0.3, -0.25) is 4.90 Å². The van der Waals surface area contributed by atoms with E-state index in [1.54, 1.807) is 7.11 Å². The highest BCUT2D eigenvalue weighted by Gasteiger charge is 2.31. The number of halogens is 1. The van der Waals surface area contributed by atoms with E-state index in [1.807, 2.05) is 17.0 Å². The van der Waals surface area contributed by atoms with E-state index in [0.29, 0.717) is 50.5 Å². The number of fused-ring (bicyclic) bond motifs is 2. The van der Waals surface area contributed by atoms with E-state index in [2.05, 4.69) is 52.6 Å². The third-order valence-electron chi connectivity index (χ3n) is 8.93. The topological polar surface area (TPSA) is 77.4 Å². The van der Waals surface area contributed by atoms with Gasteiger partial charge in [-0.1, -0.05) is 42.4 Å². The molecule has 42 heavy (non-hydrogen) atoms. The van der Waals surface area contributed by atoms with Crippen LogP contribution in [0, 0.1) is 0 Å². The van der Waals surface area contributed by atoms with Gasteiger partial charge in [-0.25, -0.2) is 0 Å². The lowest BCUT2D eigenvalue weighted by Gasteiger charge is -2.40. The Morgan fingerprint density at radius 3 is 2.60 bits per heavy atom. The third kappa shape index (κ3) is 5.94. The molecule has 4 heterocycles. The van der Waals surface area contributed by atoms with Crippen molar-refractivity contribution in [3.8, 4) is 6.01 Å². The number of likely N-dealkylation sites (tertiary alicyclic amines) is 1. The first-order chi connectivity index (χ1) is 20.4. The third-order valence-corrected chi connectivity index (χ3v) is 9.24. The predicted octanol–water partition coefficient (Wildman–Crippen LogP) is 3.96. The van der Waals surface area contributed by atoms with Crippen molar-refractivity contribution < 1.29 is 14.6 Å². The summed E-state index contributed by atoms with van der Waals surface area (Å²) in [5.74, 6) is 0.954. The maximum atomic E-state index is 10.8. The number of aliphatic hydroxyl groups excluding tert-OH is 1. The number of aliphatic hydroxyl groups is 1. The van der Waals surface area contributed by atoms with Crippen LogP contribution in [-0.4, -0.2) is 104 Å². The van der Waals surface area contributed by atoms with Crippen LogP contribution in [0.4, 0.5) is 11.5 Å². The molecule has 0 spiro atoms. The Balaban J connectivity index is 1.27. The van der Waals surface area contributed by atoms with Crippen LogP contribution in [0.25, 0.3) is 10.8 Å². The van der Waals surface area contributed by atoms with Crippen molar-refractivity contribution >= 4 is 33.9 Å². The van der Waals surface area contributed by atoms with E-state index in [1.165, 1.54) is 12.0 Å². The van der Waals surface area contributed by atoms with Crippen LogP contribution in [0.1, 0.15) is 24.1 Å². The largest absolute Gasteiger partial charge is 0.462 e. The summed E-state index contributed by atoms with van der Waals surface area (Å²) in [6, 6.07) is 13.2. The van der Waals surface area contributed by atoms with Gasteiger partial charge in [0, 0.05) is 62.5 Å². The summed E-state index contributed by atoms with van der Waals surface area (Å²) in [7, 11) is 3.77. The Bertz CT molecular complexity index is 1420. The Kier molecular flexibility index (Phi) is 8.83. The van der Waals surface area contributed by atoms with Gasteiger partial charge in [-0.05, 0) is 55.9 Å². The molecule has 0 saturated carbocycles. The van der Waals surface area contributed by atoms with Gasteiger partial charge in [0.25, 0.3) is 0 Å². The Hall–Kier alpha value is -2.95. The lowest BCUT2D eigenvalue weighted by Crippen LogP contribution is -2.51. The minimum atomic E-state index is -0.713. The highest BCUT2D eigenvalue weighted by Crippen LogP contribution is 2.37. The zero-order valence-electron chi connectivity index (χ0n) is 24.6. The van der Waals surface area contributed by atoms with Gasteiger partial charge in [0.2, 0.25) is 0 Å². The molecule has 3 aliphatic rings. The van der Waals surface area contributed by atoms with Gasteiger partial charge in [-0.2, -0.15) is 9.97 Å². The summed E-state index contributed by atoms with van der Waals surface area (Å²) < 4.78 is 11.5. The van der Waals surface area contributed by atoms with E-state index in [0.717, 1.165) is 72.0 Å².